The molecule has 0 aliphatic heterocycles. The summed E-state index contributed by atoms with van der Waals surface area (Å²) >= 11 is 0. The number of aromatic nitrogens is 2. The zero-order chi connectivity index (χ0) is 11.6. The van der Waals surface area contributed by atoms with Gasteiger partial charge in [0.05, 0.1) is 4.92 Å². The number of hydrogen-bond donors (Lipinski definition) is 2. The van der Waals surface area contributed by atoms with Gasteiger partial charge in [-0.1, -0.05) is 0 Å². The highest BCUT2D eigenvalue weighted by Crippen LogP contribution is 2.17. The predicted octanol–water partition coefficient (Wildman–Crippen LogP) is -0.484. The van der Waals surface area contributed by atoms with Gasteiger partial charge < -0.3 is 0 Å². The van der Waals surface area contributed by atoms with Gasteiger partial charge in [0.25, 0.3) is 5.91 Å². The van der Waals surface area contributed by atoms with E-state index in [2.05, 4.69) is 5.10 Å². The Bertz CT molecular complexity index is 397. The first-order valence-corrected chi connectivity index (χ1v) is 4.10. The molecule has 15 heavy (non-hydrogen) atoms. The Kier molecular flexibility index (Phi) is 2.71. The summed E-state index contributed by atoms with van der Waals surface area (Å²) in [4.78, 5) is 21.2. The Morgan fingerprint density at radius 1 is 1.73 bits per heavy atom. The van der Waals surface area contributed by atoms with Crippen molar-refractivity contribution in [1.29, 1.82) is 0 Å². The highest BCUT2D eigenvalue weighted by atomic mass is 16.6. The molecule has 82 valence electrons. The van der Waals surface area contributed by atoms with Crippen molar-refractivity contribution in [2.24, 2.45) is 5.84 Å². The lowest BCUT2D eigenvalue weighted by atomic mass is 10.1. The van der Waals surface area contributed by atoms with Gasteiger partial charge in [0.1, 0.15) is 17.9 Å². The SMILES string of the molecule is CC(C)(C(=O)NN)n1cc([N+](=O)[O-])cn1. The van der Waals surface area contributed by atoms with Crippen molar-refractivity contribution >= 4 is 11.6 Å². The minimum atomic E-state index is -1.07. The molecule has 0 atom stereocenters. The molecule has 0 aliphatic carbocycles. The van der Waals surface area contributed by atoms with Gasteiger partial charge in [0, 0.05) is 0 Å². The third-order valence-electron chi connectivity index (χ3n) is 2.04. The number of nitrogens with two attached hydrogens (primary N) is 1. The van der Waals surface area contributed by atoms with E-state index in [1.165, 1.54) is 10.9 Å². The van der Waals surface area contributed by atoms with Crippen LogP contribution in [-0.2, 0) is 10.3 Å². The van der Waals surface area contributed by atoms with Crippen LogP contribution in [0.2, 0.25) is 0 Å². The number of nitro groups is 1. The Labute approximate surface area is 85.2 Å². The molecule has 0 unspecified atom stereocenters. The van der Waals surface area contributed by atoms with Crippen molar-refractivity contribution in [3.8, 4) is 0 Å². The molecule has 0 aromatic carbocycles. The van der Waals surface area contributed by atoms with Crippen LogP contribution in [0.5, 0.6) is 0 Å². The Morgan fingerprint density at radius 3 is 2.73 bits per heavy atom. The molecule has 0 aliphatic rings. The standard InChI is InChI=1S/C7H11N5O3/c1-7(2,6(13)10-8)11-4-5(3-9-11)12(14)15/h3-4H,8H2,1-2H3,(H,10,13). The second kappa shape index (κ2) is 3.65. The summed E-state index contributed by atoms with van der Waals surface area (Å²) in [6.45, 7) is 3.10. The van der Waals surface area contributed by atoms with E-state index in [0.29, 0.717) is 0 Å². The van der Waals surface area contributed by atoms with E-state index in [0.717, 1.165) is 6.20 Å². The highest BCUT2D eigenvalue weighted by molar-refractivity contribution is 5.82. The van der Waals surface area contributed by atoms with E-state index in [9.17, 15) is 14.9 Å². The van der Waals surface area contributed by atoms with Crippen LogP contribution < -0.4 is 11.3 Å². The van der Waals surface area contributed by atoms with E-state index in [-0.39, 0.29) is 5.69 Å². The summed E-state index contributed by atoms with van der Waals surface area (Å²) in [6.07, 6.45) is 2.25. The van der Waals surface area contributed by atoms with E-state index in [1.807, 2.05) is 5.43 Å². The second-order valence-corrected chi connectivity index (χ2v) is 3.43. The van der Waals surface area contributed by atoms with Crippen LogP contribution in [-0.4, -0.2) is 20.6 Å². The smallest absolute Gasteiger partial charge is 0.292 e. The van der Waals surface area contributed by atoms with Gasteiger partial charge in [0.2, 0.25) is 0 Å². The third-order valence-corrected chi connectivity index (χ3v) is 2.04. The van der Waals surface area contributed by atoms with Crippen molar-refractivity contribution < 1.29 is 9.72 Å². The molecular weight excluding hydrogens is 202 g/mol. The molecule has 8 nitrogen and oxygen atoms in total. The average molecular weight is 213 g/mol. The number of carbonyl (C=O) groups is 1. The zero-order valence-corrected chi connectivity index (χ0v) is 8.30. The van der Waals surface area contributed by atoms with Crippen molar-refractivity contribution in [2.75, 3.05) is 0 Å². The molecule has 1 heterocycles. The molecule has 0 fully saturated rings. The van der Waals surface area contributed by atoms with Crippen molar-refractivity contribution in [3.63, 3.8) is 0 Å². The normalized spacial score (nSPS) is 11.1. The van der Waals surface area contributed by atoms with Crippen LogP contribution in [0.1, 0.15) is 13.8 Å². The first-order chi connectivity index (χ1) is 6.89. The van der Waals surface area contributed by atoms with E-state index in [1.54, 1.807) is 13.8 Å². The summed E-state index contributed by atoms with van der Waals surface area (Å²) in [5.74, 6) is 4.50. The number of rotatable bonds is 3. The van der Waals surface area contributed by atoms with Crippen LogP contribution in [0, 0.1) is 10.1 Å². The van der Waals surface area contributed by atoms with Gasteiger partial charge in [-0.25, -0.2) is 5.84 Å². The molecule has 0 bridgehead atoms. The molecule has 3 N–H and O–H groups in total. The third kappa shape index (κ3) is 1.94. The summed E-state index contributed by atoms with van der Waals surface area (Å²) in [7, 11) is 0. The highest BCUT2D eigenvalue weighted by Gasteiger charge is 2.31. The Hall–Kier alpha value is -1.96. The number of amides is 1. The average Bonchev–Trinajstić information content (AvgIpc) is 2.65. The molecule has 1 aromatic rings. The molecule has 8 heteroatoms. The first kappa shape index (κ1) is 11.1. The maximum Gasteiger partial charge on any atom is 0.307 e. The molecule has 0 saturated heterocycles. The van der Waals surface area contributed by atoms with Crippen LogP contribution in [0.25, 0.3) is 0 Å². The second-order valence-electron chi connectivity index (χ2n) is 3.43. The first-order valence-electron chi connectivity index (χ1n) is 4.10. The fraction of sp³-hybridized carbons (Fsp3) is 0.429. The topological polar surface area (TPSA) is 116 Å². The van der Waals surface area contributed by atoms with E-state index >= 15 is 0 Å². The number of hydrogen-bond acceptors (Lipinski definition) is 5. The van der Waals surface area contributed by atoms with Crippen LogP contribution >= 0.6 is 0 Å². The van der Waals surface area contributed by atoms with E-state index in [4.69, 9.17) is 5.84 Å². The Balaban J connectivity index is 3.05. The molecule has 0 radical (unpaired) electrons. The lowest BCUT2D eigenvalue weighted by molar-refractivity contribution is -0.385. The monoisotopic (exact) mass is 213 g/mol. The predicted molar refractivity (Wildman–Crippen MR) is 50.5 cm³/mol. The minimum absolute atomic E-state index is 0.173. The van der Waals surface area contributed by atoms with Gasteiger partial charge >= 0.3 is 5.69 Å². The number of nitrogens with one attached hydrogen (secondary N) is 1. The summed E-state index contributed by atoms with van der Waals surface area (Å²) in [6, 6.07) is 0. The van der Waals surface area contributed by atoms with Gasteiger partial charge in [-0.2, -0.15) is 5.10 Å². The molecule has 1 rings (SSSR count). The van der Waals surface area contributed by atoms with Crippen LogP contribution in [0.3, 0.4) is 0 Å². The molecular formula is C7H11N5O3. The number of carbonyl (C=O) groups excluding carboxylic acids is 1. The summed E-state index contributed by atoms with van der Waals surface area (Å²) in [5.41, 5.74) is 0.733. The molecule has 1 aromatic heterocycles. The minimum Gasteiger partial charge on any atom is -0.292 e. The summed E-state index contributed by atoms with van der Waals surface area (Å²) in [5, 5.41) is 14.1. The van der Waals surface area contributed by atoms with Crippen LogP contribution in [0.15, 0.2) is 12.4 Å². The molecule has 0 spiro atoms. The largest absolute Gasteiger partial charge is 0.307 e. The zero-order valence-electron chi connectivity index (χ0n) is 8.30. The number of nitrogens with zero attached hydrogens (tertiary/aromatic N) is 3. The lowest BCUT2D eigenvalue weighted by Gasteiger charge is -2.22. The number of hydrazine groups is 1. The van der Waals surface area contributed by atoms with Gasteiger partial charge in [-0.05, 0) is 13.8 Å². The maximum atomic E-state index is 11.3. The summed E-state index contributed by atoms with van der Waals surface area (Å²) < 4.78 is 1.19. The molecule has 1 amide bonds. The fourth-order valence-electron chi connectivity index (χ4n) is 0.994. The maximum absolute atomic E-state index is 11.3. The van der Waals surface area contributed by atoms with Gasteiger partial charge in [-0.15, -0.1) is 0 Å². The fourth-order valence-corrected chi connectivity index (χ4v) is 0.994. The van der Waals surface area contributed by atoms with Crippen LogP contribution in [0.4, 0.5) is 5.69 Å². The quantitative estimate of drug-likeness (QED) is 0.304. The van der Waals surface area contributed by atoms with E-state index < -0.39 is 16.4 Å². The van der Waals surface area contributed by atoms with Crippen molar-refractivity contribution in [3.05, 3.63) is 22.5 Å². The molecule has 0 saturated carbocycles. The van der Waals surface area contributed by atoms with Gasteiger partial charge in [0.15, 0.2) is 0 Å². The lowest BCUT2D eigenvalue weighted by Crippen LogP contribution is -2.47. The van der Waals surface area contributed by atoms with Crippen molar-refractivity contribution in [2.45, 2.75) is 19.4 Å². The van der Waals surface area contributed by atoms with Crippen molar-refractivity contribution in [1.82, 2.24) is 15.2 Å². The van der Waals surface area contributed by atoms with Gasteiger partial charge in [-0.3, -0.25) is 25.0 Å². The Morgan fingerprint density at radius 2 is 2.33 bits per heavy atom.